The van der Waals surface area contributed by atoms with Crippen LogP contribution in [0.2, 0.25) is 0 Å². The second-order valence-electron chi connectivity index (χ2n) is 5.35. The fourth-order valence-corrected chi connectivity index (χ4v) is 2.43. The number of esters is 1. The zero-order valence-electron chi connectivity index (χ0n) is 14.2. The van der Waals surface area contributed by atoms with Gasteiger partial charge in [0.1, 0.15) is 5.75 Å². The number of carbonyl (C=O) groups excluding carboxylic acids is 3. The maximum Gasteiger partial charge on any atom is 0.338 e. The van der Waals surface area contributed by atoms with E-state index >= 15 is 0 Å². The molecular weight excluding hydrogens is 402 g/mol. The summed E-state index contributed by atoms with van der Waals surface area (Å²) in [7, 11) is 0. The van der Waals surface area contributed by atoms with Crippen LogP contribution in [-0.4, -0.2) is 31.4 Å². The van der Waals surface area contributed by atoms with E-state index in [1.54, 1.807) is 42.5 Å². The van der Waals surface area contributed by atoms with E-state index in [1.165, 1.54) is 0 Å². The van der Waals surface area contributed by atoms with E-state index < -0.39 is 5.97 Å². The van der Waals surface area contributed by atoms with Gasteiger partial charge >= 0.3 is 5.97 Å². The van der Waals surface area contributed by atoms with E-state index in [9.17, 15) is 14.4 Å². The van der Waals surface area contributed by atoms with Crippen molar-refractivity contribution < 1.29 is 23.9 Å². The van der Waals surface area contributed by atoms with Crippen LogP contribution in [0.25, 0.3) is 0 Å². The van der Waals surface area contributed by atoms with Gasteiger partial charge in [-0.25, -0.2) is 4.79 Å². The van der Waals surface area contributed by atoms with Crippen LogP contribution in [0.5, 0.6) is 5.75 Å². The molecule has 1 N–H and O–H groups in total. The number of benzene rings is 2. The largest absolute Gasteiger partial charge is 0.483 e. The highest BCUT2D eigenvalue weighted by Gasteiger charge is 2.09. The smallest absolute Gasteiger partial charge is 0.338 e. The molecule has 0 aliphatic carbocycles. The summed E-state index contributed by atoms with van der Waals surface area (Å²) in [6.45, 7) is 2.04. The molecule has 2 aromatic rings. The molecule has 0 saturated carbocycles. The highest BCUT2D eigenvalue weighted by molar-refractivity contribution is 9.10. The zero-order valence-corrected chi connectivity index (χ0v) is 15.7. The molecule has 0 unspecified atom stereocenters. The molecule has 0 spiro atoms. The van der Waals surface area contributed by atoms with Gasteiger partial charge < -0.3 is 14.8 Å². The average Bonchev–Trinajstić information content (AvgIpc) is 2.65. The molecule has 0 aliphatic heterocycles. The Morgan fingerprint density at radius 1 is 1.15 bits per heavy atom. The number of nitrogens with one attached hydrogen (secondary N) is 1. The van der Waals surface area contributed by atoms with Gasteiger partial charge in [0.25, 0.3) is 5.91 Å². The number of rotatable bonds is 8. The molecular formula is C19H18BrNO5. The van der Waals surface area contributed by atoms with Crippen molar-refractivity contribution in [2.24, 2.45) is 0 Å². The molecule has 7 heteroatoms. The number of amides is 1. The molecule has 0 aromatic heterocycles. The summed E-state index contributed by atoms with van der Waals surface area (Å²) in [6.07, 6.45) is 1.42. The standard InChI is InChI=1S/C19H18BrNO5/c1-2-9-25-19(24)13-3-6-16(7-4-13)21-18(23)12-26-17-8-5-15(20)10-14(17)11-22/h3-8,10-11H,2,9,12H2,1H3,(H,21,23). The van der Waals surface area contributed by atoms with Crippen LogP contribution < -0.4 is 10.1 Å². The molecule has 1 amide bonds. The summed E-state index contributed by atoms with van der Waals surface area (Å²) in [5.41, 5.74) is 1.29. The van der Waals surface area contributed by atoms with Crippen LogP contribution in [0.15, 0.2) is 46.9 Å². The highest BCUT2D eigenvalue weighted by atomic mass is 79.9. The first-order valence-corrected chi connectivity index (χ1v) is 8.77. The van der Waals surface area contributed by atoms with Crippen molar-refractivity contribution in [3.8, 4) is 5.75 Å². The molecule has 0 aliphatic rings. The second kappa shape index (κ2) is 9.72. The first-order valence-electron chi connectivity index (χ1n) is 7.98. The number of halogens is 1. The van der Waals surface area contributed by atoms with Gasteiger partial charge in [0, 0.05) is 10.2 Å². The summed E-state index contributed by atoms with van der Waals surface area (Å²) < 4.78 is 11.2. The van der Waals surface area contributed by atoms with Crippen molar-refractivity contribution in [3.63, 3.8) is 0 Å². The summed E-state index contributed by atoms with van der Waals surface area (Å²) in [4.78, 5) is 34.7. The van der Waals surface area contributed by atoms with Gasteiger partial charge in [-0.15, -0.1) is 0 Å². The minimum Gasteiger partial charge on any atom is -0.483 e. The fourth-order valence-electron chi connectivity index (χ4n) is 2.05. The Hall–Kier alpha value is -2.67. The third-order valence-corrected chi connectivity index (χ3v) is 3.79. The maximum atomic E-state index is 12.0. The van der Waals surface area contributed by atoms with E-state index in [-0.39, 0.29) is 12.5 Å². The Bertz CT molecular complexity index is 789. The van der Waals surface area contributed by atoms with Gasteiger partial charge in [0.2, 0.25) is 0 Å². The summed E-state index contributed by atoms with van der Waals surface area (Å²) >= 11 is 3.26. The second-order valence-corrected chi connectivity index (χ2v) is 6.27. The summed E-state index contributed by atoms with van der Waals surface area (Å²) in [6, 6.07) is 11.3. The Morgan fingerprint density at radius 2 is 1.88 bits per heavy atom. The van der Waals surface area contributed by atoms with Crippen LogP contribution in [0.4, 0.5) is 5.69 Å². The molecule has 0 bridgehead atoms. The van der Waals surface area contributed by atoms with Crippen molar-refractivity contribution >= 4 is 39.8 Å². The minimum atomic E-state index is -0.398. The van der Waals surface area contributed by atoms with Crippen molar-refractivity contribution in [2.45, 2.75) is 13.3 Å². The summed E-state index contributed by atoms with van der Waals surface area (Å²) in [5.74, 6) is -0.455. The molecule has 6 nitrogen and oxygen atoms in total. The van der Waals surface area contributed by atoms with Gasteiger partial charge in [-0.2, -0.15) is 0 Å². The zero-order chi connectivity index (χ0) is 18.9. The number of hydrogen-bond acceptors (Lipinski definition) is 5. The molecule has 0 heterocycles. The van der Waals surface area contributed by atoms with Crippen LogP contribution in [0.1, 0.15) is 34.1 Å². The number of anilines is 1. The van der Waals surface area contributed by atoms with Crippen molar-refractivity contribution in [2.75, 3.05) is 18.5 Å². The molecule has 26 heavy (non-hydrogen) atoms. The van der Waals surface area contributed by atoms with E-state index in [0.717, 1.165) is 10.9 Å². The third kappa shape index (κ3) is 5.70. The van der Waals surface area contributed by atoms with E-state index in [4.69, 9.17) is 9.47 Å². The molecule has 0 atom stereocenters. The van der Waals surface area contributed by atoms with E-state index in [2.05, 4.69) is 21.2 Å². The number of aldehydes is 1. The van der Waals surface area contributed by atoms with Crippen LogP contribution in [-0.2, 0) is 9.53 Å². The molecule has 0 fully saturated rings. The maximum absolute atomic E-state index is 12.0. The minimum absolute atomic E-state index is 0.247. The Kier molecular flexibility index (Phi) is 7.35. The normalized spacial score (nSPS) is 10.1. The lowest BCUT2D eigenvalue weighted by atomic mass is 10.2. The van der Waals surface area contributed by atoms with Gasteiger partial charge in [-0.3, -0.25) is 9.59 Å². The molecule has 0 radical (unpaired) electrons. The first-order chi connectivity index (χ1) is 12.5. The lowest BCUT2D eigenvalue weighted by molar-refractivity contribution is -0.118. The molecule has 2 rings (SSSR count). The molecule has 136 valence electrons. The van der Waals surface area contributed by atoms with Crippen molar-refractivity contribution in [3.05, 3.63) is 58.1 Å². The Morgan fingerprint density at radius 3 is 2.54 bits per heavy atom. The van der Waals surface area contributed by atoms with Crippen LogP contribution in [0, 0.1) is 0 Å². The predicted molar refractivity (Wildman–Crippen MR) is 101 cm³/mol. The van der Waals surface area contributed by atoms with Crippen molar-refractivity contribution in [1.82, 2.24) is 0 Å². The third-order valence-electron chi connectivity index (χ3n) is 3.30. The quantitative estimate of drug-likeness (QED) is 0.518. The molecule has 2 aromatic carbocycles. The van der Waals surface area contributed by atoms with E-state index in [1.807, 2.05) is 6.92 Å². The van der Waals surface area contributed by atoms with Crippen LogP contribution in [0.3, 0.4) is 0 Å². The van der Waals surface area contributed by atoms with E-state index in [0.29, 0.717) is 35.5 Å². The monoisotopic (exact) mass is 419 g/mol. The van der Waals surface area contributed by atoms with Gasteiger partial charge in [-0.05, 0) is 48.9 Å². The number of carbonyl (C=O) groups is 3. The van der Waals surface area contributed by atoms with Crippen molar-refractivity contribution in [1.29, 1.82) is 0 Å². The first kappa shape index (κ1) is 19.7. The number of hydrogen-bond donors (Lipinski definition) is 1. The average molecular weight is 420 g/mol. The summed E-state index contributed by atoms with van der Waals surface area (Å²) in [5, 5.41) is 2.66. The lowest BCUT2D eigenvalue weighted by Crippen LogP contribution is -2.20. The van der Waals surface area contributed by atoms with Crippen LogP contribution >= 0.6 is 15.9 Å². The van der Waals surface area contributed by atoms with Gasteiger partial charge in [-0.1, -0.05) is 22.9 Å². The molecule has 0 saturated heterocycles. The topological polar surface area (TPSA) is 81.7 Å². The predicted octanol–water partition coefficient (Wildman–Crippen LogP) is 3.85. The lowest BCUT2D eigenvalue weighted by Gasteiger charge is -2.10. The SMILES string of the molecule is CCCOC(=O)c1ccc(NC(=O)COc2ccc(Br)cc2C=O)cc1. The number of ether oxygens (including phenoxy) is 2. The van der Waals surface area contributed by atoms with Gasteiger partial charge in [0.15, 0.2) is 12.9 Å². The van der Waals surface area contributed by atoms with Gasteiger partial charge in [0.05, 0.1) is 17.7 Å². The Labute approximate surface area is 159 Å². The fraction of sp³-hybridized carbons (Fsp3) is 0.211. The Balaban J connectivity index is 1.90. The highest BCUT2D eigenvalue weighted by Crippen LogP contribution is 2.21.